The van der Waals surface area contributed by atoms with Crippen molar-refractivity contribution >= 4 is 16.8 Å². The highest BCUT2D eigenvalue weighted by atomic mass is 16.5. The summed E-state index contributed by atoms with van der Waals surface area (Å²) in [6, 6.07) is 5.64. The van der Waals surface area contributed by atoms with Crippen molar-refractivity contribution in [1.82, 2.24) is 0 Å². The standard InChI is InChI=1S/C16H18O3/c1-10(2)5-6-12-7-13-8-14(11(3)17)19-16(13)9-15(12)18-4/h5,7-9H,6H2,1-4H3. The number of benzene rings is 1. The molecule has 3 nitrogen and oxygen atoms in total. The van der Waals surface area contributed by atoms with Crippen molar-refractivity contribution in [3.05, 3.63) is 41.2 Å². The molecule has 0 N–H and O–H groups in total. The Morgan fingerprint density at radius 2 is 2.00 bits per heavy atom. The number of hydrogen-bond donors (Lipinski definition) is 0. The zero-order valence-corrected chi connectivity index (χ0v) is 11.7. The molecule has 3 heteroatoms. The predicted octanol–water partition coefficient (Wildman–Crippen LogP) is 4.15. The van der Waals surface area contributed by atoms with E-state index in [0.717, 1.165) is 23.1 Å². The number of rotatable bonds is 4. The zero-order chi connectivity index (χ0) is 14.0. The first-order valence-corrected chi connectivity index (χ1v) is 6.26. The molecule has 1 aromatic carbocycles. The van der Waals surface area contributed by atoms with Gasteiger partial charge in [-0.15, -0.1) is 0 Å². The van der Waals surface area contributed by atoms with Crippen LogP contribution in [0.15, 0.2) is 34.3 Å². The molecule has 0 aliphatic carbocycles. The summed E-state index contributed by atoms with van der Waals surface area (Å²) in [6.07, 6.45) is 2.96. The molecule has 1 aromatic heterocycles. The number of carbonyl (C=O) groups is 1. The molecule has 0 fully saturated rings. The van der Waals surface area contributed by atoms with Crippen LogP contribution in [0.3, 0.4) is 0 Å². The molecule has 0 aliphatic rings. The van der Waals surface area contributed by atoms with E-state index in [4.69, 9.17) is 9.15 Å². The van der Waals surface area contributed by atoms with Crippen LogP contribution in [0.1, 0.15) is 36.9 Å². The third kappa shape index (κ3) is 2.87. The van der Waals surface area contributed by atoms with E-state index in [1.54, 1.807) is 13.2 Å². The monoisotopic (exact) mass is 258 g/mol. The minimum absolute atomic E-state index is 0.0685. The van der Waals surface area contributed by atoms with E-state index in [2.05, 4.69) is 19.9 Å². The first-order valence-electron chi connectivity index (χ1n) is 6.26. The summed E-state index contributed by atoms with van der Waals surface area (Å²) in [5, 5.41) is 0.933. The Morgan fingerprint density at radius 3 is 2.58 bits per heavy atom. The summed E-state index contributed by atoms with van der Waals surface area (Å²) in [4.78, 5) is 11.3. The van der Waals surface area contributed by atoms with Crippen molar-refractivity contribution in [3.8, 4) is 5.75 Å². The van der Waals surface area contributed by atoms with Gasteiger partial charge in [0.25, 0.3) is 0 Å². The molecule has 0 saturated heterocycles. The third-order valence-electron chi connectivity index (χ3n) is 3.00. The molecule has 0 atom stereocenters. The van der Waals surface area contributed by atoms with Crippen molar-refractivity contribution in [3.63, 3.8) is 0 Å². The molecule has 2 aromatic rings. The molecule has 0 saturated carbocycles. The van der Waals surface area contributed by atoms with Crippen LogP contribution in [0.25, 0.3) is 11.0 Å². The van der Waals surface area contributed by atoms with Gasteiger partial charge in [0.1, 0.15) is 11.3 Å². The van der Waals surface area contributed by atoms with Crippen LogP contribution in [0.4, 0.5) is 0 Å². The van der Waals surface area contributed by atoms with E-state index in [-0.39, 0.29) is 5.78 Å². The van der Waals surface area contributed by atoms with Crippen LogP contribution in [0, 0.1) is 0 Å². The first-order chi connectivity index (χ1) is 9.01. The molecule has 0 spiro atoms. The average Bonchev–Trinajstić information content (AvgIpc) is 2.77. The van der Waals surface area contributed by atoms with Crippen molar-refractivity contribution in [2.24, 2.45) is 0 Å². The molecule has 0 radical (unpaired) electrons. The van der Waals surface area contributed by atoms with Gasteiger partial charge in [0.2, 0.25) is 0 Å². The Hall–Kier alpha value is -2.03. The van der Waals surface area contributed by atoms with Gasteiger partial charge in [0.05, 0.1) is 7.11 Å². The Balaban J connectivity index is 2.51. The fourth-order valence-corrected chi connectivity index (χ4v) is 1.95. The molecule has 0 amide bonds. The van der Waals surface area contributed by atoms with Gasteiger partial charge in [0.15, 0.2) is 11.5 Å². The lowest BCUT2D eigenvalue weighted by Crippen LogP contribution is -1.90. The lowest BCUT2D eigenvalue weighted by Gasteiger charge is -2.06. The Bertz CT molecular complexity index is 643. The number of hydrogen-bond acceptors (Lipinski definition) is 3. The summed E-state index contributed by atoms with van der Waals surface area (Å²) in [5.41, 5.74) is 3.04. The second-order valence-electron chi connectivity index (χ2n) is 4.85. The molecular formula is C16H18O3. The van der Waals surface area contributed by atoms with Crippen LogP contribution in [-0.4, -0.2) is 12.9 Å². The van der Waals surface area contributed by atoms with Gasteiger partial charge in [-0.05, 0) is 38.0 Å². The highest BCUT2D eigenvalue weighted by Gasteiger charge is 2.11. The topological polar surface area (TPSA) is 39.4 Å². The quantitative estimate of drug-likeness (QED) is 0.610. The average molecular weight is 258 g/mol. The minimum atomic E-state index is -0.0685. The van der Waals surface area contributed by atoms with Crippen LogP contribution in [-0.2, 0) is 6.42 Å². The molecule has 0 aliphatic heterocycles. The minimum Gasteiger partial charge on any atom is -0.496 e. The maximum Gasteiger partial charge on any atom is 0.194 e. The fourth-order valence-electron chi connectivity index (χ4n) is 1.95. The molecule has 2 rings (SSSR count). The second kappa shape index (κ2) is 5.31. The summed E-state index contributed by atoms with van der Waals surface area (Å²) in [5.74, 6) is 1.10. The SMILES string of the molecule is COc1cc2oc(C(C)=O)cc2cc1CC=C(C)C. The van der Waals surface area contributed by atoms with Gasteiger partial charge in [-0.2, -0.15) is 0 Å². The molecule has 0 bridgehead atoms. The number of allylic oxidation sites excluding steroid dienone is 2. The van der Waals surface area contributed by atoms with Gasteiger partial charge >= 0.3 is 0 Å². The smallest absolute Gasteiger partial charge is 0.194 e. The summed E-state index contributed by atoms with van der Waals surface area (Å²) in [6.45, 7) is 5.63. The highest BCUT2D eigenvalue weighted by Crippen LogP contribution is 2.29. The van der Waals surface area contributed by atoms with E-state index in [9.17, 15) is 4.79 Å². The lowest BCUT2D eigenvalue weighted by molar-refractivity contribution is 0.0989. The number of fused-ring (bicyclic) bond motifs is 1. The van der Waals surface area contributed by atoms with Crippen molar-refractivity contribution in [2.75, 3.05) is 7.11 Å². The Morgan fingerprint density at radius 1 is 1.26 bits per heavy atom. The maximum atomic E-state index is 11.3. The van der Waals surface area contributed by atoms with Crippen LogP contribution >= 0.6 is 0 Å². The second-order valence-corrected chi connectivity index (χ2v) is 4.85. The van der Waals surface area contributed by atoms with Crippen molar-refractivity contribution in [1.29, 1.82) is 0 Å². The Kier molecular flexibility index (Phi) is 3.74. The summed E-state index contributed by atoms with van der Waals surface area (Å²) >= 11 is 0. The predicted molar refractivity (Wildman–Crippen MR) is 75.9 cm³/mol. The van der Waals surface area contributed by atoms with Crippen LogP contribution in [0.5, 0.6) is 5.75 Å². The van der Waals surface area contributed by atoms with E-state index in [1.807, 2.05) is 12.1 Å². The largest absolute Gasteiger partial charge is 0.496 e. The molecule has 0 unspecified atom stereocenters. The number of ether oxygens (including phenoxy) is 1. The number of Topliss-reactive ketones (excluding diaryl/α,β-unsaturated/α-hetero) is 1. The highest BCUT2D eigenvalue weighted by molar-refractivity contribution is 5.96. The van der Waals surface area contributed by atoms with E-state index >= 15 is 0 Å². The lowest BCUT2D eigenvalue weighted by atomic mass is 10.1. The van der Waals surface area contributed by atoms with Crippen molar-refractivity contribution in [2.45, 2.75) is 27.2 Å². The van der Waals surface area contributed by atoms with Gasteiger partial charge in [-0.25, -0.2) is 0 Å². The third-order valence-corrected chi connectivity index (χ3v) is 3.00. The number of methoxy groups -OCH3 is 1. The number of carbonyl (C=O) groups excluding carboxylic acids is 1. The molecule has 1 heterocycles. The number of furan rings is 1. The Labute approximate surface area is 112 Å². The number of ketones is 1. The fraction of sp³-hybridized carbons (Fsp3) is 0.312. The van der Waals surface area contributed by atoms with Crippen molar-refractivity contribution < 1.29 is 13.9 Å². The maximum absolute atomic E-state index is 11.3. The van der Waals surface area contributed by atoms with Crippen LogP contribution < -0.4 is 4.74 Å². The van der Waals surface area contributed by atoms with E-state index in [1.165, 1.54) is 12.5 Å². The van der Waals surface area contributed by atoms with Gasteiger partial charge in [-0.1, -0.05) is 11.6 Å². The van der Waals surface area contributed by atoms with Gasteiger partial charge < -0.3 is 9.15 Å². The van der Waals surface area contributed by atoms with Gasteiger partial charge in [0, 0.05) is 18.4 Å². The van der Waals surface area contributed by atoms with Crippen LogP contribution in [0.2, 0.25) is 0 Å². The summed E-state index contributed by atoms with van der Waals surface area (Å²) in [7, 11) is 1.64. The van der Waals surface area contributed by atoms with Gasteiger partial charge in [-0.3, -0.25) is 4.79 Å². The normalized spacial score (nSPS) is 10.5. The van der Waals surface area contributed by atoms with E-state index in [0.29, 0.717) is 11.3 Å². The first kappa shape index (κ1) is 13.4. The zero-order valence-electron chi connectivity index (χ0n) is 11.7. The molecule has 19 heavy (non-hydrogen) atoms. The molecular weight excluding hydrogens is 240 g/mol. The summed E-state index contributed by atoms with van der Waals surface area (Å²) < 4.78 is 10.9. The molecule has 100 valence electrons. The van der Waals surface area contributed by atoms with E-state index < -0.39 is 0 Å².